The van der Waals surface area contributed by atoms with Crippen molar-refractivity contribution in [1.82, 2.24) is 4.98 Å². The summed E-state index contributed by atoms with van der Waals surface area (Å²) < 4.78 is 0. The van der Waals surface area contributed by atoms with Crippen molar-refractivity contribution < 1.29 is 9.59 Å². The van der Waals surface area contributed by atoms with E-state index in [1.165, 1.54) is 22.7 Å². The zero-order chi connectivity index (χ0) is 24.8. The Bertz CT molecular complexity index is 1640. The normalized spacial score (nSPS) is 12.6. The van der Waals surface area contributed by atoms with E-state index < -0.39 is 5.91 Å². The van der Waals surface area contributed by atoms with Gasteiger partial charge in [0.1, 0.15) is 14.7 Å². The average Bonchev–Trinajstić information content (AvgIpc) is 3.57. The lowest BCUT2D eigenvalue weighted by Gasteiger charge is -2.09. The first kappa shape index (κ1) is 22.5. The summed E-state index contributed by atoms with van der Waals surface area (Å²) in [6, 6.07) is 21.9. The third-order valence-corrected chi connectivity index (χ3v) is 8.76. The van der Waals surface area contributed by atoms with Crippen LogP contribution in [-0.2, 0) is 12.8 Å². The van der Waals surface area contributed by atoms with Crippen molar-refractivity contribution in [2.75, 3.05) is 11.1 Å². The number of rotatable bonds is 5. The monoisotopic (exact) mass is 510 g/mol. The van der Waals surface area contributed by atoms with Crippen LogP contribution in [0.1, 0.15) is 36.9 Å². The largest absolute Gasteiger partial charge is 0.397 e. The van der Waals surface area contributed by atoms with Gasteiger partial charge in [0, 0.05) is 15.8 Å². The Morgan fingerprint density at radius 3 is 2.31 bits per heavy atom. The highest BCUT2D eigenvalue weighted by Gasteiger charge is 2.28. The molecule has 8 heteroatoms. The van der Waals surface area contributed by atoms with E-state index in [0.717, 1.165) is 57.5 Å². The second-order valence-electron chi connectivity index (χ2n) is 8.69. The minimum Gasteiger partial charge on any atom is -0.397 e. The first-order valence-electron chi connectivity index (χ1n) is 11.6. The Kier molecular flexibility index (Phi) is 5.55. The van der Waals surface area contributed by atoms with Crippen LogP contribution in [0.2, 0.25) is 0 Å². The minimum absolute atomic E-state index is 0.363. The van der Waals surface area contributed by atoms with Crippen LogP contribution in [0.15, 0.2) is 66.7 Å². The van der Waals surface area contributed by atoms with Crippen LogP contribution in [0.25, 0.3) is 32.6 Å². The molecule has 3 aromatic heterocycles. The fraction of sp³-hybridized carbons (Fsp3) is 0.107. The van der Waals surface area contributed by atoms with Crippen molar-refractivity contribution >= 4 is 55.4 Å². The summed E-state index contributed by atoms with van der Waals surface area (Å²) in [5.41, 5.74) is 17.8. The lowest BCUT2D eigenvalue weighted by Crippen LogP contribution is -2.17. The third-order valence-electron chi connectivity index (χ3n) is 6.45. The quantitative estimate of drug-likeness (QED) is 0.265. The second-order valence-corrected chi connectivity index (χ2v) is 10.8. The Labute approximate surface area is 215 Å². The molecular formula is C28H22N4O2S2. The van der Waals surface area contributed by atoms with Gasteiger partial charge in [0.15, 0.2) is 0 Å². The van der Waals surface area contributed by atoms with Crippen molar-refractivity contribution in [3.8, 4) is 22.4 Å². The number of nitrogen functional groups attached to an aromatic ring is 1. The lowest BCUT2D eigenvalue weighted by atomic mass is 9.99. The van der Waals surface area contributed by atoms with Gasteiger partial charge < -0.3 is 16.8 Å². The number of primary amides is 1. The fourth-order valence-corrected chi connectivity index (χ4v) is 7.11. The van der Waals surface area contributed by atoms with E-state index in [9.17, 15) is 9.59 Å². The van der Waals surface area contributed by atoms with E-state index in [2.05, 4.69) is 5.32 Å². The van der Waals surface area contributed by atoms with Gasteiger partial charge in [-0.2, -0.15) is 0 Å². The number of nitrogens with one attached hydrogen (secondary N) is 1. The molecule has 0 fully saturated rings. The van der Waals surface area contributed by atoms with Gasteiger partial charge in [0.05, 0.1) is 16.9 Å². The molecule has 2 amide bonds. The maximum atomic E-state index is 13.5. The van der Waals surface area contributed by atoms with E-state index in [1.54, 1.807) is 0 Å². The average molecular weight is 511 g/mol. The van der Waals surface area contributed by atoms with Crippen molar-refractivity contribution in [1.29, 1.82) is 0 Å². The molecule has 1 aliphatic carbocycles. The van der Waals surface area contributed by atoms with Crippen LogP contribution in [0.4, 0.5) is 10.7 Å². The van der Waals surface area contributed by atoms with Crippen LogP contribution < -0.4 is 16.8 Å². The van der Waals surface area contributed by atoms with Gasteiger partial charge in [0.25, 0.3) is 11.8 Å². The summed E-state index contributed by atoms with van der Waals surface area (Å²) >= 11 is 2.68. The summed E-state index contributed by atoms with van der Waals surface area (Å²) in [6.45, 7) is 0. The van der Waals surface area contributed by atoms with Crippen molar-refractivity contribution in [3.63, 3.8) is 0 Å². The van der Waals surface area contributed by atoms with Gasteiger partial charge in [-0.25, -0.2) is 4.98 Å². The Hall–Kier alpha value is -4.01. The number of nitrogens with zero attached hydrogens (tertiary/aromatic N) is 1. The Morgan fingerprint density at radius 2 is 1.61 bits per heavy atom. The van der Waals surface area contributed by atoms with Crippen LogP contribution in [0.3, 0.4) is 0 Å². The predicted molar refractivity (Wildman–Crippen MR) is 148 cm³/mol. The summed E-state index contributed by atoms with van der Waals surface area (Å²) in [5.74, 6) is -0.882. The van der Waals surface area contributed by atoms with E-state index in [4.69, 9.17) is 16.5 Å². The number of pyridine rings is 1. The molecule has 2 aromatic carbocycles. The zero-order valence-corrected chi connectivity index (χ0v) is 20.8. The molecule has 0 unspecified atom stereocenters. The first-order chi connectivity index (χ1) is 17.5. The Morgan fingerprint density at radius 1 is 0.917 bits per heavy atom. The van der Waals surface area contributed by atoms with Crippen LogP contribution >= 0.6 is 22.7 Å². The highest BCUT2D eigenvalue weighted by Crippen LogP contribution is 2.43. The molecule has 0 saturated heterocycles. The van der Waals surface area contributed by atoms with Gasteiger partial charge in [-0.1, -0.05) is 60.7 Å². The molecule has 0 radical (unpaired) electrons. The first-order valence-corrected chi connectivity index (χ1v) is 13.2. The van der Waals surface area contributed by atoms with Crippen molar-refractivity contribution in [2.24, 2.45) is 5.73 Å². The molecule has 3 heterocycles. The molecule has 0 spiro atoms. The number of thiophene rings is 2. The van der Waals surface area contributed by atoms with Crippen molar-refractivity contribution in [2.45, 2.75) is 19.3 Å². The number of hydrogen-bond acceptors (Lipinski definition) is 6. The van der Waals surface area contributed by atoms with Gasteiger partial charge in [0.2, 0.25) is 0 Å². The van der Waals surface area contributed by atoms with Crippen LogP contribution in [0, 0.1) is 0 Å². The summed E-state index contributed by atoms with van der Waals surface area (Å²) in [7, 11) is 0. The standard InChI is InChI=1S/C28H22N4O2S2/c29-23-21-18(15-8-3-1-4-9-15)14-19(16-10-5-2-6-11-16)31-27(21)36-24(23)26(34)32-28-22(25(30)33)17-12-7-13-20(17)35-28/h1-6,8-11,14H,7,12-13,29H2,(H2,30,33)(H,32,34). The molecule has 0 atom stereocenters. The van der Waals surface area contributed by atoms with Gasteiger partial charge in [-0.05, 0) is 42.0 Å². The smallest absolute Gasteiger partial charge is 0.268 e. The highest BCUT2D eigenvalue weighted by molar-refractivity contribution is 7.21. The SMILES string of the molecule is NC(=O)c1c(NC(=O)c2sc3nc(-c4ccccc4)cc(-c4ccccc4)c3c2N)sc2c1CCC2. The summed E-state index contributed by atoms with van der Waals surface area (Å²) in [4.78, 5) is 32.7. The van der Waals surface area contributed by atoms with Gasteiger partial charge in [-0.15, -0.1) is 22.7 Å². The number of aromatic nitrogens is 1. The number of benzene rings is 2. The molecule has 5 aromatic rings. The van der Waals surface area contributed by atoms with E-state index in [1.807, 2.05) is 66.7 Å². The zero-order valence-electron chi connectivity index (χ0n) is 19.2. The second kappa shape index (κ2) is 8.89. The molecule has 1 aliphatic rings. The number of nitrogens with two attached hydrogens (primary N) is 2. The molecule has 0 bridgehead atoms. The van der Waals surface area contributed by atoms with E-state index >= 15 is 0 Å². The summed E-state index contributed by atoms with van der Waals surface area (Å²) in [6.07, 6.45) is 2.70. The molecule has 6 nitrogen and oxygen atoms in total. The molecule has 36 heavy (non-hydrogen) atoms. The van der Waals surface area contributed by atoms with Crippen LogP contribution in [-0.4, -0.2) is 16.8 Å². The van der Waals surface area contributed by atoms with Gasteiger partial charge >= 0.3 is 0 Å². The summed E-state index contributed by atoms with van der Waals surface area (Å²) in [5, 5.41) is 4.17. The third kappa shape index (κ3) is 3.75. The number of carbonyl (C=O) groups excluding carboxylic acids is 2. The maximum Gasteiger partial charge on any atom is 0.268 e. The fourth-order valence-electron chi connectivity index (χ4n) is 4.80. The minimum atomic E-state index is -0.519. The molecule has 0 saturated carbocycles. The molecule has 5 N–H and O–H groups in total. The number of carbonyl (C=O) groups is 2. The number of hydrogen-bond donors (Lipinski definition) is 3. The van der Waals surface area contributed by atoms with Crippen molar-refractivity contribution in [3.05, 3.63) is 87.6 Å². The Balaban J connectivity index is 1.48. The molecule has 6 rings (SSSR count). The van der Waals surface area contributed by atoms with E-state index in [-0.39, 0.29) is 5.91 Å². The van der Waals surface area contributed by atoms with Crippen LogP contribution in [0.5, 0.6) is 0 Å². The number of aryl methyl sites for hydroxylation is 1. The number of anilines is 2. The topological polar surface area (TPSA) is 111 Å². The van der Waals surface area contributed by atoms with Gasteiger partial charge in [-0.3, -0.25) is 9.59 Å². The lowest BCUT2D eigenvalue weighted by molar-refractivity contribution is 0.100. The molecule has 0 aliphatic heterocycles. The molecular weight excluding hydrogens is 488 g/mol. The maximum absolute atomic E-state index is 13.5. The molecule has 178 valence electrons. The highest BCUT2D eigenvalue weighted by atomic mass is 32.1. The predicted octanol–water partition coefficient (Wildman–Crippen LogP) is 6.11. The number of amides is 2. The van der Waals surface area contributed by atoms with E-state index in [0.29, 0.717) is 26.0 Å². The number of fused-ring (bicyclic) bond motifs is 2.